The summed E-state index contributed by atoms with van der Waals surface area (Å²) in [6.07, 6.45) is 3.78. The van der Waals surface area contributed by atoms with Gasteiger partial charge in [0.1, 0.15) is 5.52 Å². The Morgan fingerprint density at radius 1 is 1.06 bits per heavy atom. The van der Waals surface area contributed by atoms with Crippen LogP contribution in [0.3, 0.4) is 0 Å². The molecule has 4 heterocycles. The highest BCUT2D eigenvalue weighted by Crippen LogP contribution is 2.37. The summed E-state index contributed by atoms with van der Waals surface area (Å²) in [6, 6.07) is 12.1. The van der Waals surface area contributed by atoms with E-state index in [9.17, 15) is 4.79 Å². The molecule has 5 rings (SSSR count). The van der Waals surface area contributed by atoms with Gasteiger partial charge < -0.3 is 13.9 Å². The molecule has 0 N–H and O–H groups in total. The second-order valence-corrected chi connectivity index (χ2v) is 10.9. The minimum absolute atomic E-state index is 0.0224. The first-order valence-corrected chi connectivity index (χ1v) is 13.7. The molecule has 164 valence electrons. The van der Waals surface area contributed by atoms with Crippen LogP contribution in [-0.4, -0.2) is 31.8 Å². The summed E-state index contributed by atoms with van der Waals surface area (Å²) in [7, 11) is 2.85. The SMILES string of the molecule is Cn1cc(-c2ccc3cc(B4OC(C)(C)C(C)(C)O4)ccc3n2)c2ccn(SI)c2c1=O. The monoisotopic (exact) mass is 559 g/mol. The maximum atomic E-state index is 12.7. The zero-order chi connectivity index (χ0) is 22.8. The van der Waals surface area contributed by atoms with E-state index in [0.717, 1.165) is 33.0 Å². The molecule has 6 nitrogen and oxygen atoms in total. The fourth-order valence-electron chi connectivity index (χ4n) is 4.01. The molecule has 0 spiro atoms. The van der Waals surface area contributed by atoms with Crippen molar-refractivity contribution < 1.29 is 9.31 Å². The Morgan fingerprint density at radius 3 is 2.47 bits per heavy atom. The molecule has 0 saturated carbocycles. The van der Waals surface area contributed by atoms with E-state index in [1.54, 1.807) is 11.6 Å². The van der Waals surface area contributed by atoms with Crippen LogP contribution in [0.15, 0.2) is 53.6 Å². The van der Waals surface area contributed by atoms with Crippen molar-refractivity contribution in [3.63, 3.8) is 0 Å². The maximum absolute atomic E-state index is 12.7. The summed E-state index contributed by atoms with van der Waals surface area (Å²) < 4.78 is 15.9. The highest BCUT2D eigenvalue weighted by Gasteiger charge is 2.51. The molecule has 0 amide bonds. The molecule has 1 aliphatic rings. The van der Waals surface area contributed by atoms with Crippen molar-refractivity contribution in [2.75, 3.05) is 0 Å². The number of aryl methyl sites for hydroxylation is 1. The highest BCUT2D eigenvalue weighted by atomic mass is 127. The van der Waals surface area contributed by atoms with E-state index in [2.05, 4.69) is 61.0 Å². The molecule has 9 heteroatoms. The maximum Gasteiger partial charge on any atom is 0.494 e. The molecule has 0 atom stereocenters. The lowest BCUT2D eigenvalue weighted by Gasteiger charge is -2.32. The zero-order valence-electron chi connectivity index (χ0n) is 18.5. The number of pyridine rings is 2. The van der Waals surface area contributed by atoms with Crippen molar-refractivity contribution in [3.05, 3.63) is 59.1 Å². The van der Waals surface area contributed by atoms with Gasteiger partial charge in [0.25, 0.3) is 5.56 Å². The van der Waals surface area contributed by atoms with E-state index in [1.165, 1.54) is 9.12 Å². The van der Waals surface area contributed by atoms with Gasteiger partial charge in [-0.25, -0.2) is 4.98 Å². The smallest absolute Gasteiger partial charge is 0.399 e. The summed E-state index contributed by atoms with van der Waals surface area (Å²) in [5.74, 6) is 0. The number of hydrogen-bond acceptors (Lipinski definition) is 5. The molecule has 0 radical (unpaired) electrons. The average Bonchev–Trinajstić information content (AvgIpc) is 3.27. The Labute approximate surface area is 203 Å². The number of benzene rings is 1. The van der Waals surface area contributed by atoms with E-state index in [4.69, 9.17) is 14.3 Å². The van der Waals surface area contributed by atoms with Gasteiger partial charge in [-0.15, -0.1) is 0 Å². The molecule has 0 bridgehead atoms. The Hall–Kier alpha value is -1.82. The first-order valence-electron chi connectivity index (χ1n) is 10.4. The molecule has 1 fully saturated rings. The minimum atomic E-state index is -0.405. The van der Waals surface area contributed by atoms with Gasteiger partial charge in [0.05, 0.1) is 22.4 Å². The van der Waals surface area contributed by atoms with Crippen LogP contribution in [0.1, 0.15) is 27.7 Å². The van der Waals surface area contributed by atoms with Crippen molar-refractivity contribution >= 4 is 64.7 Å². The average molecular weight is 559 g/mol. The van der Waals surface area contributed by atoms with Crippen LogP contribution in [0.25, 0.3) is 33.1 Å². The Bertz CT molecular complexity index is 1410. The molecule has 1 aromatic carbocycles. The second kappa shape index (κ2) is 7.61. The lowest BCUT2D eigenvalue weighted by molar-refractivity contribution is 0.00578. The minimum Gasteiger partial charge on any atom is -0.399 e. The molecule has 0 aliphatic carbocycles. The van der Waals surface area contributed by atoms with Crippen LogP contribution < -0.4 is 11.0 Å². The van der Waals surface area contributed by atoms with Crippen LogP contribution in [0.5, 0.6) is 0 Å². The largest absolute Gasteiger partial charge is 0.494 e. The van der Waals surface area contributed by atoms with Gasteiger partial charge in [0.15, 0.2) is 0 Å². The quantitative estimate of drug-likeness (QED) is 0.269. The van der Waals surface area contributed by atoms with Gasteiger partial charge in [-0.2, -0.15) is 0 Å². The summed E-state index contributed by atoms with van der Waals surface area (Å²) in [6.45, 7) is 8.22. The molecular weight excluding hydrogens is 536 g/mol. The first kappa shape index (κ1) is 22.0. The fraction of sp³-hybridized carbons (Fsp3) is 0.304. The fourth-order valence-corrected chi connectivity index (χ4v) is 5.35. The van der Waals surface area contributed by atoms with Gasteiger partial charge >= 0.3 is 7.12 Å². The summed E-state index contributed by atoms with van der Waals surface area (Å²) in [5.41, 5.74) is 3.51. The van der Waals surface area contributed by atoms with E-state index >= 15 is 0 Å². The summed E-state index contributed by atoms with van der Waals surface area (Å²) in [5, 5.41) is 1.92. The van der Waals surface area contributed by atoms with E-state index in [0.29, 0.717) is 5.52 Å². The molecule has 32 heavy (non-hydrogen) atoms. The summed E-state index contributed by atoms with van der Waals surface area (Å²) >= 11 is 2.18. The third kappa shape index (κ3) is 3.41. The zero-order valence-corrected chi connectivity index (χ0v) is 21.5. The molecule has 3 aromatic heterocycles. The van der Waals surface area contributed by atoms with Crippen LogP contribution >= 0.6 is 30.3 Å². The molecule has 4 aromatic rings. The van der Waals surface area contributed by atoms with E-state index in [1.807, 2.05) is 40.6 Å². The van der Waals surface area contributed by atoms with Crippen molar-refractivity contribution in [1.82, 2.24) is 13.5 Å². The summed E-state index contributed by atoms with van der Waals surface area (Å²) in [4.78, 5) is 17.6. The lowest BCUT2D eigenvalue weighted by atomic mass is 9.78. The van der Waals surface area contributed by atoms with Crippen LogP contribution in [0.4, 0.5) is 0 Å². The number of hydrogen-bond donors (Lipinski definition) is 0. The normalized spacial score (nSPS) is 17.5. The third-order valence-corrected chi connectivity index (χ3v) is 8.30. The topological polar surface area (TPSA) is 58.3 Å². The van der Waals surface area contributed by atoms with Gasteiger partial charge in [0.2, 0.25) is 0 Å². The molecule has 1 aliphatic heterocycles. The van der Waals surface area contributed by atoms with Gasteiger partial charge in [0, 0.05) is 60.7 Å². The van der Waals surface area contributed by atoms with E-state index < -0.39 is 7.12 Å². The van der Waals surface area contributed by atoms with Crippen LogP contribution in [-0.2, 0) is 16.4 Å². The number of nitrogens with zero attached hydrogens (tertiary/aromatic N) is 3. The number of fused-ring (bicyclic) bond motifs is 2. The van der Waals surface area contributed by atoms with Crippen molar-refractivity contribution in [2.45, 2.75) is 38.9 Å². The van der Waals surface area contributed by atoms with Gasteiger partial charge in [-0.3, -0.25) is 8.77 Å². The number of rotatable bonds is 3. The predicted octanol–water partition coefficient (Wildman–Crippen LogP) is 4.70. The van der Waals surface area contributed by atoms with Crippen molar-refractivity contribution in [2.24, 2.45) is 7.05 Å². The number of halogens is 1. The Morgan fingerprint density at radius 2 is 1.78 bits per heavy atom. The highest BCUT2D eigenvalue weighted by molar-refractivity contribution is 14.2. The molecular formula is C23H23BIN3O3S. The standard InChI is InChI=1S/C23H23BIN3O3S/c1-22(2)23(3,4)31-24(30-22)15-7-9-18-14(12-15)6-8-19(26-18)17-13-27(5)21(29)20-16(17)10-11-28(20)32-25/h6-13H,1-5H3. The van der Waals surface area contributed by atoms with Crippen molar-refractivity contribution in [3.8, 4) is 11.3 Å². The first-order chi connectivity index (χ1) is 15.1. The van der Waals surface area contributed by atoms with Crippen LogP contribution in [0, 0.1) is 0 Å². The molecule has 1 saturated heterocycles. The van der Waals surface area contributed by atoms with Crippen LogP contribution in [0.2, 0.25) is 0 Å². The number of aromatic nitrogens is 3. The third-order valence-electron chi connectivity index (χ3n) is 6.58. The molecule has 0 unspecified atom stereocenters. The second-order valence-electron chi connectivity index (χ2n) is 9.17. The Kier molecular flexibility index (Phi) is 5.23. The van der Waals surface area contributed by atoms with Crippen molar-refractivity contribution in [1.29, 1.82) is 0 Å². The lowest BCUT2D eigenvalue weighted by Crippen LogP contribution is -2.41. The van der Waals surface area contributed by atoms with Gasteiger partial charge in [-0.05, 0) is 56.7 Å². The predicted molar refractivity (Wildman–Crippen MR) is 141 cm³/mol. The van der Waals surface area contributed by atoms with Gasteiger partial charge in [-0.1, -0.05) is 18.2 Å². The Balaban J connectivity index is 1.58. The van der Waals surface area contributed by atoms with E-state index in [-0.39, 0.29) is 16.8 Å².